The van der Waals surface area contributed by atoms with E-state index in [4.69, 9.17) is 4.74 Å². The number of carbonyl (C=O) groups is 2. The fraction of sp³-hybridized carbons (Fsp3) is 0.467. The molecule has 0 unspecified atom stereocenters. The lowest BCUT2D eigenvalue weighted by Crippen LogP contribution is -2.32. The summed E-state index contributed by atoms with van der Waals surface area (Å²) in [5.41, 5.74) is 0.0926. The molecular formula is C15H21N3O5. The summed E-state index contributed by atoms with van der Waals surface area (Å²) in [6.07, 6.45) is 1.83. The van der Waals surface area contributed by atoms with Crippen LogP contribution >= 0.6 is 0 Å². The lowest BCUT2D eigenvalue weighted by Gasteiger charge is -2.16. The van der Waals surface area contributed by atoms with E-state index in [0.717, 1.165) is 18.9 Å². The van der Waals surface area contributed by atoms with Gasteiger partial charge in [-0.2, -0.15) is 0 Å². The highest BCUT2D eigenvalue weighted by Gasteiger charge is 2.19. The van der Waals surface area contributed by atoms with Gasteiger partial charge in [0.15, 0.2) is 6.61 Å². The monoisotopic (exact) mass is 323 g/mol. The standard InChI is InChI=1S/C15H21N3O5/c1-4-5-8-17(3)14(19)10-23-15(20)11-6-7-12(16-2)13(9-11)18(21)22/h6-7,9,16H,4-5,8,10H2,1-3H3. The number of rotatable bonds is 8. The van der Waals surface area contributed by atoms with Crippen LogP contribution in [0.25, 0.3) is 0 Å². The van der Waals surface area contributed by atoms with Crippen molar-refractivity contribution in [2.45, 2.75) is 19.8 Å². The number of hydrogen-bond donors (Lipinski definition) is 1. The van der Waals surface area contributed by atoms with Gasteiger partial charge >= 0.3 is 5.97 Å². The van der Waals surface area contributed by atoms with Crippen LogP contribution in [0.2, 0.25) is 0 Å². The van der Waals surface area contributed by atoms with Gasteiger partial charge in [0.1, 0.15) is 5.69 Å². The minimum atomic E-state index is -0.770. The van der Waals surface area contributed by atoms with Gasteiger partial charge in [-0.05, 0) is 18.6 Å². The minimum Gasteiger partial charge on any atom is -0.452 e. The Hall–Kier alpha value is -2.64. The van der Waals surface area contributed by atoms with Crippen LogP contribution in [-0.2, 0) is 9.53 Å². The summed E-state index contributed by atoms with van der Waals surface area (Å²) in [5, 5.41) is 13.6. The van der Waals surface area contributed by atoms with Crippen molar-refractivity contribution in [3.05, 3.63) is 33.9 Å². The summed E-state index contributed by atoms with van der Waals surface area (Å²) in [5.74, 6) is -1.08. The number of nitrogens with zero attached hydrogens (tertiary/aromatic N) is 2. The number of carbonyl (C=O) groups excluding carboxylic acids is 2. The Balaban J connectivity index is 2.70. The topological polar surface area (TPSA) is 102 Å². The number of nitrogens with one attached hydrogen (secondary N) is 1. The molecule has 0 saturated carbocycles. The summed E-state index contributed by atoms with van der Waals surface area (Å²) < 4.78 is 4.93. The summed E-state index contributed by atoms with van der Waals surface area (Å²) >= 11 is 0. The van der Waals surface area contributed by atoms with Gasteiger partial charge in [0, 0.05) is 26.7 Å². The zero-order valence-corrected chi connectivity index (χ0v) is 13.5. The van der Waals surface area contributed by atoms with Crippen LogP contribution < -0.4 is 5.32 Å². The first-order valence-corrected chi connectivity index (χ1v) is 7.28. The fourth-order valence-electron chi connectivity index (χ4n) is 1.86. The van der Waals surface area contributed by atoms with E-state index in [1.807, 2.05) is 6.92 Å². The van der Waals surface area contributed by atoms with Crippen molar-refractivity contribution in [2.75, 3.05) is 32.6 Å². The number of hydrogen-bond acceptors (Lipinski definition) is 6. The second-order valence-electron chi connectivity index (χ2n) is 4.98. The molecule has 0 aliphatic rings. The predicted molar refractivity (Wildman–Crippen MR) is 85.5 cm³/mol. The number of anilines is 1. The van der Waals surface area contributed by atoms with Gasteiger partial charge in [0.05, 0.1) is 10.5 Å². The molecule has 0 aliphatic carbocycles. The molecule has 1 rings (SSSR count). The Kier molecular flexibility index (Phi) is 6.98. The third kappa shape index (κ3) is 5.24. The van der Waals surface area contributed by atoms with Crippen LogP contribution in [0.1, 0.15) is 30.1 Å². The molecule has 0 radical (unpaired) electrons. The summed E-state index contributed by atoms with van der Waals surface area (Å²) in [6.45, 7) is 2.22. The summed E-state index contributed by atoms with van der Waals surface area (Å²) in [7, 11) is 3.18. The lowest BCUT2D eigenvalue weighted by atomic mass is 10.1. The SMILES string of the molecule is CCCCN(C)C(=O)COC(=O)c1ccc(NC)c([N+](=O)[O-])c1. The fourth-order valence-corrected chi connectivity index (χ4v) is 1.86. The molecule has 8 heteroatoms. The van der Waals surface area contributed by atoms with E-state index in [1.54, 1.807) is 14.1 Å². The van der Waals surface area contributed by atoms with E-state index in [1.165, 1.54) is 17.0 Å². The largest absolute Gasteiger partial charge is 0.452 e. The number of ether oxygens (including phenoxy) is 1. The summed E-state index contributed by atoms with van der Waals surface area (Å²) in [6, 6.07) is 3.95. The molecule has 0 saturated heterocycles. The number of nitro groups is 1. The van der Waals surface area contributed by atoms with Gasteiger partial charge in [-0.1, -0.05) is 13.3 Å². The molecule has 0 aromatic heterocycles. The average Bonchev–Trinajstić information content (AvgIpc) is 2.56. The van der Waals surface area contributed by atoms with Crippen molar-refractivity contribution in [3.63, 3.8) is 0 Å². The van der Waals surface area contributed by atoms with Crippen molar-refractivity contribution in [1.29, 1.82) is 0 Å². The lowest BCUT2D eigenvalue weighted by molar-refractivity contribution is -0.384. The Bertz CT molecular complexity index is 588. The first-order chi connectivity index (χ1) is 10.9. The summed E-state index contributed by atoms with van der Waals surface area (Å²) in [4.78, 5) is 35.6. The molecule has 1 N–H and O–H groups in total. The molecule has 1 aromatic rings. The van der Waals surface area contributed by atoms with Crippen molar-refractivity contribution in [2.24, 2.45) is 0 Å². The van der Waals surface area contributed by atoms with Gasteiger partial charge < -0.3 is 15.0 Å². The van der Waals surface area contributed by atoms with E-state index in [9.17, 15) is 19.7 Å². The van der Waals surface area contributed by atoms with E-state index < -0.39 is 10.9 Å². The Labute approximate surface area is 134 Å². The quantitative estimate of drug-likeness (QED) is 0.446. The first kappa shape index (κ1) is 18.4. The third-order valence-corrected chi connectivity index (χ3v) is 3.30. The highest BCUT2D eigenvalue weighted by molar-refractivity contribution is 5.93. The number of nitro benzene ring substituents is 1. The molecule has 0 fully saturated rings. The van der Waals surface area contributed by atoms with Gasteiger partial charge in [0.25, 0.3) is 11.6 Å². The maximum atomic E-state index is 11.9. The van der Waals surface area contributed by atoms with Crippen molar-refractivity contribution >= 4 is 23.3 Å². The van der Waals surface area contributed by atoms with E-state index in [-0.39, 0.29) is 23.8 Å². The number of unbranched alkanes of at least 4 members (excludes halogenated alkanes) is 1. The Morgan fingerprint density at radius 1 is 1.39 bits per heavy atom. The van der Waals surface area contributed by atoms with Gasteiger partial charge in [-0.25, -0.2) is 4.79 Å². The third-order valence-electron chi connectivity index (χ3n) is 3.30. The van der Waals surface area contributed by atoms with Gasteiger partial charge in [-0.3, -0.25) is 14.9 Å². The first-order valence-electron chi connectivity index (χ1n) is 7.28. The van der Waals surface area contributed by atoms with Gasteiger partial charge in [0.2, 0.25) is 0 Å². The van der Waals surface area contributed by atoms with E-state index >= 15 is 0 Å². The maximum absolute atomic E-state index is 11.9. The minimum absolute atomic E-state index is 0.0275. The van der Waals surface area contributed by atoms with E-state index in [2.05, 4.69) is 5.32 Å². The molecule has 0 heterocycles. The second-order valence-corrected chi connectivity index (χ2v) is 4.98. The van der Waals surface area contributed by atoms with Crippen molar-refractivity contribution in [3.8, 4) is 0 Å². The zero-order valence-electron chi connectivity index (χ0n) is 13.5. The smallest absolute Gasteiger partial charge is 0.338 e. The second kappa shape index (κ2) is 8.72. The molecule has 1 amide bonds. The average molecular weight is 323 g/mol. The van der Waals surface area contributed by atoms with Crippen LogP contribution in [0.15, 0.2) is 18.2 Å². The molecule has 23 heavy (non-hydrogen) atoms. The van der Waals surface area contributed by atoms with Crippen LogP contribution in [0.5, 0.6) is 0 Å². The van der Waals surface area contributed by atoms with Crippen molar-refractivity contribution in [1.82, 2.24) is 4.90 Å². The van der Waals surface area contributed by atoms with Crippen LogP contribution in [0, 0.1) is 10.1 Å². The van der Waals surface area contributed by atoms with Gasteiger partial charge in [-0.15, -0.1) is 0 Å². The molecular weight excluding hydrogens is 302 g/mol. The normalized spacial score (nSPS) is 10.0. The number of benzene rings is 1. The molecule has 126 valence electrons. The van der Waals surface area contributed by atoms with E-state index in [0.29, 0.717) is 12.2 Å². The predicted octanol–water partition coefficient (Wildman–Crippen LogP) is 2.05. The van der Waals surface area contributed by atoms with Crippen LogP contribution in [0.3, 0.4) is 0 Å². The zero-order chi connectivity index (χ0) is 17.4. The van der Waals surface area contributed by atoms with Crippen molar-refractivity contribution < 1.29 is 19.2 Å². The van der Waals surface area contributed by atoms with Crippen LogP contribution in [0.4, 0.5) is 11.4 Å². The number of esters is 1. The molecule has 0 atom stereocenters. The molecule has 8 nitrogen and oxygen atoms in total. The van der Waals surface area contributed by atoms with Crippen LogP contribution in [-0.4, -0.2) is 48.9 Å². The highest BCUT2D eigenvalue weighted by atomic mass is 16.6. The molecule has 0 aliphatic heterocycles. The number of likely N-dealkylation sites (N-methyl/N-ethyl adjacent to an activating group) is 1. The molecule has 1 aromatic carbocycles. The molecule has 0 bridgehead atoms. The number of amides is 1. The Morgan fingerprint density at radius 3 is 2.65 bits per heavy atom. The molecule has 0 spiro atoms. The highest BCUT2D eigenvalue weighted by Crippen LogP contribution is 2.25. The maximum Gasteiger partial charge on any atom is 0.338 e. The Morgan fingerprint density at radius 2 is 2.09 bits per heavy atom.